The van der Waals surface area contributed by atoms with Gasteiger partial charge in [0.2, 0.25) is 0 Å². The first-order chi connectivity index (χ1) is 7.82. The van der Waals surface area contributed by atoms with E-state index in [1.54, 1.807) is 0 Å². The highest BCUT2D eigenvalue weighted by Crippen LogP contribution is 2.38. The summed E-state index contributed by atoms with van der Waals surface area (Å²) < 4.78 is 62.6. The van der Waals surface area contributed by atoms with Gasteiger partial charge >= 0.3 is 6.18 Å². The maximum atomic E-state index is 12.5. The molecule has 17 heavy (non-hydrogen) atoms. The third-order valence-corrected chi connectivity index (χ3v) is 1.88. The quantitative estimate of drug-likeness (QED) is 0.599. The molecule has 0 saturated carbocycles. The van der Waals surface area contributed by atoms with Crippen molar-refractivity contribution in [2.75, 3.05) is 0 Å². The van der Waals surface area contributed by atoms with Gasteiger partial charge in [0.05, 0.1) is 16.7 Å². The molecule has 0 aliphatic rings. The van der Waals surface area contributed by atoms with Crippen molar-refractivity contribution < 1.29 is 26.7 Å². The Labute approximate surface area is 91.5 Å². The second kappa shape index (κ2) is 4.45. The summed E-state index contributed by atoms with van der Waals surface area (Å²) in [5.41, 5.74) is -5.44. The highest BCUT2D eigenvalue weighted by molar-refractivity contribution is 5.76. The van der Waals surface area contributed by atoms with Gasteiger partial charge in [-0.1, -0.05) is 0 Å². The largest absolute Gasteiger partial charge is 0.419 e. The Morgan fingerprint density at radius 3 is 2.35 bits per heavy atom. The van der Waals surface area contributed by atoms with Crippen LogP contribution >= 0.6 is 0 Å². The van der Waals surface area contributed by atoms with Gasteiger partial charge < -0.3 is 0 Å². The van der Waals surface area contributed by atoms with E-state index < -0.39 is 35.0 Å². The van der Waals surface area contributed by atoms with E-state index in [0.29, 0.717) is 6.20 Å². The summed E-state index contributed by atoms with van der Waals surface area (Å²) in [5, 5.41) is 8.44. The van der Waals surface area contributed by atoms with Crippen LogP contribution in [0.4, 0.5) is 22.0 Å². The number of rotatable bonds is 2. The Bertz CT molecular complexity index is 489. The molecule has 1 aromatic rings. The summed E-state index contributed by atoms with van der Waals surface area (Å²) in [6.45, 7) is 0. The SMILES string of the molecule is N#Cc1cnc(C=O)c(C(F)(F)F)c1C(F)F. The number of nitrogens with zero attached hydrogens (tertiary/aromatic N) is 2. The smallest absolute Gasteiger partial charge is 0.296 e. The molecule has 1 heterocycles. The molecular weight excluding hydrogens is 247 g/mol. The monoisotopic (exact) mass is 250 g/mol. The number of carbonyl (C=O) groups is 1. The van der Waals surface area contributed by atoms with Gasteiger partial charge in [-0.2, -0.15) is 18.4 Å². The van der Waals surface area contributed by atoms with Crippen molar-refractivity contribution in [2.24, 2.45) is 0 Å². The third-order valence-electron chi connectivity index (χ3n) is 1.88. The average Bonchev–Trinajstić information content (AvgIpc) is 2.25. The van der Waals surface area contributed by atoms with E-state index in [0.717, 1.165) is 0 Å². The number of aldehydes is 1. The normalized spacial score (nSPS) is 11.4. The van der Waals surface area contributed by atoms with E-state index >= 15 is 0 Å². The molecule has 0 aliphatic carbocycles. The lowest BCUT2D eigenvalue weighted by Crippen LogP contribution is -2.16. The first-order valence-electron chi connectivity index (χ1n) is 4.06. The van der Waals surface area contributed by atoms with Gasteiger partial charge in [0.15, 0.2) is 6.29 Å². The molecular formula is C9H3F5N2O. The van der Waals surface area contributed by atoms with Gasteiger partial charge in [-0.3, -0.25) is 9.78 Å². The minimum absolute atomic E-state index is 0.282. The van der Waals surface area contributed by atoms with E-state index in [1.165, 1.54) is 6.07 Å². The highest BCUT2D eigenvalue weighted by atomic mass is 19.4. The highest BCUT2D eigenvalue weighted by Gasteiger charge is 2.40. The van der Waals surface area contributed by atoms with Crippen LogP contribution in [0.25, 0.3) is 0 Å². The molecule has 0 aromatic carbocycles. The van der Waals surface area contributed by atoms with E-state index in [4.69, 9.17) is 5.26 Å². The van der Waals surface area contributed by atoms with Gasteiger partial charge in [0.25, 0.3) is 6.43 Å². The van der Waals surface area contributed by atoms with Gasteiger partial charge in [-0.25, -0.2) is 8.78 Å². The number of carbonyl (C=O) groups excluding carboxylic acids is 1. The Balaban J connectivity index is 3.72. The topological polar surface area (TPSA) is 53.8 Å². The van der Waals surface area contributed by atoms with E-state index in [1.807, 2.05) is 0 Å². The van der Waals surface area contributed by atoms with E-state index in [9.17, 15) is 26.7 Å². The number of alkyl halides is 5. The Kier molecular flexibility index (Phi) is 3.41. The van der Waals surface area contributed by atoms with Gasteiger partial charge in [0.1, 0.15) is 11.8 Å². The number of halogens is 5. The Hall–Kier alpha value is -2.04. The zero-order chi connectivity index (χ0) is 13.2. The Morgan fingerprint density at radius 1 is 1.41 bits per heavy atom. The van der Waals surface area contributed by atoms with Crippen LogP contribution in [0.15, 0.2) is 6.20 Å². The standard InChI is InChI=1S/C9H3F5N2O/c10-8(11)6-4(1-15)2-16-5(3-17)7(6)9(12,13)14/h2-3,8H. The molecule has 0 unspecified atom stereocenters. The van der Waals surface area contributed by atoms with Crippen molar-refractivity contribution in [3.05, 3.63) is 28.6 Å². The molecule has 0 radical (unpaired) electrons. The van der Waals surface area contributed by atoms with Crippen LogP contribution in [0, 0.1) is 11.3 Å². The van der Waals surface area contributed by atoms with Crippen LogP contribution < -0.4 is 0 Å². The molecule has 0 spiro atoms. The molecule has 0 atom stereocenters. The number of hydrogen-bond donors (Lipinski definition) is 0. The van der Waals surface area contributed by atoms with Crippen LogP contribution in [0.3, 0.4) is 0 Å². The molecule has 0 aliphatic heterocycles. The Morgan fingerprint density at radius 2 is 2.00 bits per heavy atom. The predicted molar refractivity (Wildman–Crippen MR) is 44.3 cm³/mol. The maximum absolute atomic E-state index is 12.5. The second-order valence-corrected chi connectivity index (χ2v) is 2.87. The first kappa shape index (κ1) is 13.0. The van der Waals surface area contributed by atoms with Crippen molar-refractivity contribution in [1.82, 2.24) is 4.98 Å². The molecule has 0 N–H and O–H groups in total. The van der Waals surface area contributed by atoms with E-state index in [-0.39, 0.29) is 6.29 Å². The zero-order valence-corrected chi connectivity index (χ0v) is 7.92. The average molecular weight is 250 g/mol. The molecule has 3 nitrogen and oxygen atoms in total. The van der Waals surface area contributed by atoms with Crippen LogP contribution in [0.5, 0.6) is 0 Å². The molecule has 0 saturated heterocycles. The van der Waals surface area contributed by atoms with Crippen LogP contribution in [0.2, 0.25) is 0 Å². The summed E-state index contributed by atoms with van der Waals surface area (Å²) in [4.78, 5) is 13.4. The van der Waals surface area contributed by atoms with Gasteiger partial charge in [-0.05, 0) is 0 Å². The van der Waals surface area contributed by atoms with Crippen molar-refractivity contribution in [3.8, 4) is 6.07 Å². The number of aromatic nitrogens is 1. The fourth-order valence-corrected chi connectivity index (χ4v) is 1.24. The number of pyridine rings is 1. The van der Waals surface area contributed by atoms with E-state index in [2.05, 4.69) is 4.98 Å². The maximum Gasteiger partial charge on any atom is 0.419 e. The van der Waals surface area contributed by atoms with Crippen molar-refractivity contribution in [1.29, 1.82) is 5.26 Å². The summed E-state index contributed by atoms with van der Waals surface area (Å²) in [5.74, 6) is 0. The number of nitriles is 1. The molecule has 0 bridgehead atoms. The molecule has 1 rings (SSSR count). The number of hydrogen-bond acceptors (Lipinski definition) is 3. The summed E-state index contributed by atoms with van der Waals surface area (Å²) in [6.07, 6.45) is -8.47. The zero-order valence-electron chi connectivity index (χ0n) is 7.92. The fourth-order valence-electron chi connectivity index (χ4n) is 1.24. The fraction of sp³-hybridized carbons (Fsp3) is 0.222. The molecule has 0 fully saturated rings. The predicted octanol–water partition coefficient (Wildman–Crippen LogP) is 2.72. The van der Waals surface area contributed by atoms with Crippen molar-refractivity contribution >= 4 is 6.29 Å². The lowest BCUT2D eigenvalue weighted by molar-refractivity contribution is -0.140. The summed E-state index contributed by atoms with van der Waals surface area (Å²) >= 11 is 0. The molecule has 1 aromatic heterocycles. The lowest BCUT2D eigenvalue weighted by atomic mass is 10.0. The van der Waals surface area contributed by atoms with Crippen molar-refractivity contribution in [2.45, 2.75) is 12.6 Å². The minimum atomic E-state index is -5.18. The van der Waals surface area contributed by atoms with Crippen LogP contribution in [0.1, 0.15) is 33.6 Å². The lowest BCUT2D eigenvalue weighted by Gasteiger charge is -2.14. The summed E-state index contributed by atoms with van der Waals surface area (Å²) in [7, 11) is 0. The van der Waals surface area contributed by atoms with Crippen LogP contribution in [-0.2, 0) is 6.18 Å². The van der Waals surface area contributed by atoms with Gasteiger partial charge in [0, 0.05) is 6.20 Å². The molecule has 90 valence electrons. The van der Waals surface area contributed by atoms with Crippen molar-refractivity contribution in [3.63, 3.8) is 0 Å². The third kappa shape index (κ3) is 2.38. The summed E-state index contributed by atoms with van der Waals surface area (Å²) in [6, 6.07) is 1.18. The second-order valence-electron chi connectivity index (χ2n) is 2.87. The van der Waals surface area contributed by atoms with Gasteiger partial charge in [-0.15, -0.1) is 0 Å². The molecule has 8 heteroatoms. The molecule has 0 amide bonds. The van der Waals surface area contributed by atoms with Crippen LogP contribution in [-0.4, -0.2) is 11.3 Å². The first-order valence-corrected chi connectivity index (χ1v) is 4.06. The minimum Gasteiger partial charge on any atom is -0.296 e.